The first-order valence-electron chi connectivity index (χ1n) is 23.8. The molecule has 3 heterocycles. The van der Waals surface area contributed by atoms with Crippen LogP contribution in [0.1, 0.15) is 70.8 Å². The number of aromatic hydroxyl groups is 2. The van der Waals surface area contributed by atoms with Crippen LogP contribution in [0.25, 0.3) is 77.9 Å². The van der Waals surface area contributed by atoms with E-state index in [0.717, 1.165) is 70.0 Å². The van der Waals surface area contributed by atoms with Gasteiger partial charge in [0.25, 0.3) is 0 Å². The molecule has 70 heavy (non-hydrogen) atoms. The number of ether oxygens (including phenoxy) is 2. The zero-order valence-electron chi connectivity index (χ0n) is 38.9. The summed E-state index contributed by atoms with van der Waals surface area (Å²) in [7, 11) is 0. The molecule has 0 spiro atoms. The van der Waals surface area contributed by atoms with E-state index in [2.05, 4.69) is 10.6 Å². The van der Waals surface area contributed by atoms with Crippen LogP contribution in [-0.2, 0) is 13.2 Å². The number of hydrogen-bond donors (Lipinski definition) is 3. The first kappa shape index (κ1) is 44.0. The highest BCUT2D eigenvalue weighted by molar-refractivity contribution is 6.07. The van der Waals surface area contributed by atoms with Gasteiger partial charge < -0.3 is 29.4 Å². The summed E-state index contributed by atoms with van der Waals surface area (Å²) in [6.07, 6.45) is 5.37. The van der Waals surface area contributed by atoms with Crippen LogP contribution >= 0.6 is 0 Å². The summed E-state index contributed by atoms with van der Waals surface area (Å²) in [6, 6.07) is 50.7. The number of phenolic OH excluding ortho intramolecular Hbond substituents is 2. The highest BCUT2D eigenvalue weighted by Crippen LogP contribution is 2.43. The second kappa shape index (κ2) is 18.5. The van der Waals surface area contributed by atoms with Crippen molar-refractivity contribution in [3.05, 3.63) is 186 Å². The Morgan fingerprint density at radius 3 is 1.66 bits per heavy atom. The lowest BCUT2D eigenvalue weighted by molar-refractivity contribution is 0.0697. The Bertz CT molecular complexity index is 3620. The number of carboxylic acids is 1. The summed E-state index contributed by atoms with van der Waals surface area (Å²) in [5, 5.41) is 35.1. The Hall–Kier alpha value is -8.50. The van der Waals surface area contributed by atoms with Gasteiger partial charge in [-0.05, 0) is 122 Å². The summed E-state index contributed by atoms with van der Waals surface area (Å²) >= 11 is 0. The van der Waals surface area contributed by atoms with Crippen LogP contribution in [0, 0.1) is 13.8 Å². The summed E-state index contributed by atoms with van der Waals surface area (Å²) < 4.78 is 14.5. The lowest BCUT2D eigenvalue weighted by Crippen LogP contribution is -2.14. The predicted molar refractivity (Wildman–Crippen MR) is 276 cm³/mol. The number of pyridine rings is 2. The lowest BCUT2D eigenvalue weighted by Gasteiger charge is -2.26. The van der Waals surface area contributed by atoms with Gasteiger partial charge in [0.2, 0.25) is 0 Å². The van der Waals surface area contributed by atoms with Crippen molar-refractivity contribution in [2.45, 2.75) is 65.2 Å². The fourth-order valence-corrected chi connectivity index (χ4v) is 9.95. The fourth-order valence-electron chi connectivity index (χ4n) is 9.95. The van der Waals surface area contributed by atoms with E-state index >= 15 is 0 Å². The van der Waals surface area contributed by atoms with Gasteiger partial charge in [0, 0.05) is 50.2 Å². The number of carbonyl (C=O) groups is 1. The van der Waals surface area contributed by atoms with E-state index in [-0.39, 0.29) is 23.1 Å². The molecule has 10 aromatic rings. The molecular weight excluding hydrogens is 873 g/mol. The summed E-state index contributed by atoms with van der Waals surface area (Å²) in [4.78, 5) is 28.4. The minimum Gasteiger partial charge on any atom is -0.507 e. The second-order valence-corrected chi connectivity index (χ2v) is 18.2. The van der Waals surface area contributed by atoms with Crippen LogP contribution in [0.5, 0.6) is 23.0 Å². The molecule has 346 valence electrons. The highest BCUT2D eigenvalue weighted by atomic mass is 16.5. The Balaban J connectivity index is 0.938. The van der Waals surface area contributed by atoms with Crippen LogP contribution in [0.15, 0.2) is 158 Å². The molecule has 0 aliphatic heterocycles. The molecule has 10 nitrogen and oxygen atoms in total. The first-order valence-corrected chi connectivity index (χ1v) is 23.8. The van der Waals surface area contributed by atoms with Gasteiger partial charge in [-0.1, -0.05) is 98.1 Å². The van der Waals surface area contributed by atoms with E-state index in [9.17, 15) is 20.1 Å². The molecule has 3 N–H and O–H groups in total. The normalized spacial score (nSPS) is 13.0. The zero-order chi connectivity index (χ0) is 47.9. The molecule has 0 unspecified atom stereocenters. The molecule has 1 fully saturated rings. The summed E-state index contributed by atoms with van der Waals surface area (Å²) in [5.41, 5.74) is 11.1. The van der Waals surface area contributed by atoms with Crippen molar-refractivity contribution >= 4 is 38.8 Å². The number of fused-ring (bicyclic) bond motifs is 3. The van der Waals surface area contributed by atoms with Gasteiger partial charge in [0.05, 0.1) is 39.0 Å². The molecule has 0 saturated heterocycles. The van der Waals surface area contributed by atoms with Crippen molar-refractivity contribution in [1.82, 2.24) is 19.5 Å². The van der Waals surface area contributed by atoms with Crippen LogP contribution < -0.4 is 9.47 Å². The topological polar surface area (TPSA) is 140 Å². The fraction of sp³-hybridized carbons (Fsp3) is 0.167. The number of aromatic carboxylic acids is 1. The molecule has 7 aromatic carbocycles. The molecule has 0 bridgehead atoms. The van der Waals surface area contributed by atoms with Crippen LogP contribution in [0.3, 0.4) is 0 Å². The second-order valence-electron chi connectivity index (χ2n) is 18.2. The molecule has 0 atom stereocenters. The van der Waals surface area contributed by atoms with Crippen LogP contribution in [0.4, 0.5) is 0 Å². The first-order chi connectivity index (χ1) is 34.2. The number of rotatable bonds is 12. The van der Waals surface area contributed by atoms with Crippen LogP contribution in [0.2, 0.25) is 0 Å². The number of imidazole rings is 1. The largest absolute Gasteiger partial charge is 0.507 e. The maximum Gasteiger partial charge on any atom is 0.336 e. The number of hydrogen-bond acceptors (Lipinski definition) is 8. The van der Waals surface area contributed by atoms with Crippen molar-refractivity contribution in [2.75, 3.05) is 0 Å². The van der Waals surface area contributed by atoms with Gasteiger partial charge in [0.1, 0.15) is 42.0 Å². The van der Waals surface area contributed by atoms with Gasteiger partial charge in [-0.3, -0.25) is 0 Å². The maximum atomic E-state index is 13.1. The van der Waals surface area contributed by atoms with Crippen molar-refractivity contribution in [2.24, 2.45) is 0 Å². The van der Waals surface area contributed by atoms with Gasteiger partial charge in [-0.15, -0.1) is 0 Å². The van der Waals surface area contributed by atoms with Gasteiger partial charge >= 0.3 is 5.97 Å². The molecule has 0 radical (unpaired) electrons. The minimum absolute atomic E-state index is 0.103. The number of benzene rings is 7. The highest BCUT2D eigenvalue weighted by Gasteiger charge is 2.27. The molecule has 11 rings (SSSR count). The zero-order valence-corrected chi connectivity index (χ0v) is 38.9. The van der Waals surface area contributed by atoms with E-state index in [1.165, 1.54) is 6.42 Å². The SMILES string of the molecule is Cc1c(OCc2ccccc2)ccc(-c2ccc3cc(-c4c(C(=O)O)ccc5c4nc(-c4ccc6nc(-c7ccc(OCc8ccccc8)c(C)c7O)ccc6c4)n5C4CCCCC4)ccc3n2)c1O. The van der Waals surface area contributed by atoms with Gasteiger partial charge in [-0.2, -0.15) is 0 Å². The smallest absolute Gasteiger partial charge is 0.336 e. The van der Waals surface area contributed by atoms with Crippen molar-refractivity contribution in [1.29, 1.82) is 0 Å². The van der Waals surface area contributed by atoms with Gasteiger partial charge in [0.15, 0.2) is 0 Å². The number of carboxylic acid groups (broad SMARTS) is 1. The molecule has 1 aliphatic rings. The van der Waals surface area contributed by atoms with Crippen molar-refractivity contribution < 1.29 is 29.6 Å². The third kappa shape index (κ3) is 8.31. The third-order valence-corrected chi connectivity index (χ3v) is 13.7. The molecule has 10 heteroatoms. The summed E-state index contributed by atoms with van der Waals surface area (Å²) in [5.74, 6) is 1.18. The average molecular weight is 923 g/mol. The Morgan fingerprint density at radius 2 is 1.11 bits per heavy atom. The van der Waals surface area contributed by atoms with Crippen molar-refractivity contribution in [3.63, 3.8) is 0 Å². The van der Waals surface area contributed by atoms with Gasteiger partial charge in [-0.25, -0.2) is 19.7 Å². The maximum absolute atomic E-state index is 13.1. The number of nitrogens with zero attached hydrogens (tertiary/aromatic N) is 4. The molecule has 3 aromatic heterocycles. The van der Waals surface area contributed by atoms with E-state index < -0.39 is 5.97 Å². The Kier molecular flexibility index (Phi) is 11.7. The number of aromatic nitrogens is 4. The van der Waals surface area contributed by atoms with E-state index in [1.807, 2.05) is 159 Å². The Morgan fingerprint density at radius 1 is 0.586 bits per heavy atom. The molecule has 1 saturated carbocycles. The average Bonchev–Trinajstić information content (AvgIpc) is 3.79. The van der Waals surface area contributed by atoms with E-state index in [0.29, 0.717) is 80.5 Å². The van der Waals surface area contributed by atoms with E-state index in [4.69, 9.17) is 24.4 Å². The summed E-state index contributed by atoms with van der Waals surface area (Å²) in [6.45, 7) is 4.46. The monoisotopic (exact) mass is 922 g/mol. The predicted octanol–water partition coefficient (Wildman–Crippen LogP) is 14.2. The molecular formula is C60H50N4O6. The Labute approximate surface area is 405 Å². The van der Waals surface area contributed by atoms with E-state index in [1.54, 1.807) is 6.07 Å². The van der Waals surface area contributed by atoms with Crippen molar-refractivity contribution in [3.8, 4) is 68.0 Å². The standard InChI is InChI=1S/C60H50N4O6/c1-36-53(69-34-38-12-6-3-7-13-38)30-23-45(57(36)65)50-27-18-40-32-42(20-25-48(40)61-50)55-47(60(67)68)22-29-52-56(55)63-59(64(52)44-16-10-5-11-17-44)43-21-26-49-41(33-43)19-28-51(62-49)46-24-31-54(37(2)58(46)66)70-35-39-14-8-4-9-15-39/h3-4,6-9,12-15,18-33,44,65-66H,5,10-11,16-17,34-35H2,1-2H3,(H,67,68). The lowest BCUT2D eigenvalue weighted by atomic mass is 9.94. The van der Waals surface area contributed by atoms with Crippen LogP contribution in [-0.4, -0.2) is 40.8 Å². The third-order valence-electron chi connectivity index (χ3n) is 13.7. The molecule has 1 aliphatic carbocycles. The molecule has 0 amide bonds. The quantitative estimate of drug-likeness (QED) is 0.109. The number of phenols is 2. The minimum atomic E-state index is -1.04.